The molecule has 0 aromatic carbocycles. The molecule has 2 atom stereocenters. The molecule has 0 aliphatic carbocycles. The highest BCUT2D eigenvalue weighted by Crippen LogP contribution is 2.41. The molecule has 12 heteroatoms. The zero-order chi connectivity index (χ0) is 18.4. The molecule has 1 unspecified atom stereocenters. The number of carbonyl (C=O) groups is 2. The Morgan fingerprint density at radius 3 is 2.76 bits per heavy atom. The van der Waals surface area contributed by atoms with Crippen molar-refractivity contribution >= 4 is 43.6 Å². The van der Waals surface area contributed by atoms with Gasteiger partial charge < -0.3 is 10.1 Å². The van der Waals surface area contributed by atoms with Gasteiger partial charge in [0.05, 0.1) is 0 Å². The lowest BCUT2D eigenvalue weighted by Gasteiger charge is -2.51. The summed E-state index contributed by atoms with van der Waals surface area (Å²) in [6.45, 7) is 6.38. The van der Waals surface area contributed by atoms with Gasteiger partial charge in [0, 0.05) is 18.6 Å². The summed E-state index contributed by atoms with van der Waals surface area (Å²) >= 11 is 2.97. The van der Waals surface area contributed by atoms with Crippen molar-refractivity contribution in [1.29, 1.82) is 0 Å². The molecule has 25 heavy (non-hydrogen) atoms. The largest absolute Gasteiger partial charge is 0.477 e. The normalized spacial score (nSPS) is 23.5. The Morgan fingerprint density at radius 2 is 2.20 bits per heavy atom. The molecule has 2 aliphatic rings. The van der Waals surface area contributed by atoms with E-state index in [4.69, 9.17) is 0 Å². The number of carboxylic acid groups (broad SMARTS) is 1. The van der Waals surface area contributed by atoms with Gasteiger partial charge in [-0.25, -0.2) is 9.48 Å². The van der Waals surface area contributed by atoms with Crippen molar-refractivity contribution in [3.63, 3.8) is 0 Å². The van der Waals surface area contributed by atoms with Crippen LogP contribution in [0.3, 0.4) is 0 Å². The highest BCUT2D eigenvalue weighted by atomic mass is 32.2. The number of aromatic nitrogens is 4. The van der Waals surface area contributed by atoms with Crippen LogP contribution < -0.4 is 4.98 Å². The number of nitrogens with zero attached hydrogens (tertiary/aromatic N) is 5. The first-order chi connectivity index (χ1) is 11.7. The Labute approximate surface area is 154 Å². The predicted octanol–water partition coefficient (Wildman–Crippen LogP) is 0.349. The molecule has 9 nitrogen and oxygen atoms in total. The lowest BCUT2D eigenvalue weighted by molar-refractivity contribution is -0.148. The van der Waals surface area contributed by atoms with Crippen molar-refractivity contribution in [2.75, 3.05) is 11.5 Å². The van der Waals surface area contributed by atoms with Crippen LogP contribution in [0.4, 0.5) is 0 Å². The van der Waals surface area contributed by atoms with Crippen LogP contribution in [0.15, 0.2) is 16.4 Å². The fourth-order valence-corrected chi connectivity index (χ4v) is 6.43. The fourth-order valence-electron chi connectivity index (χ4n) is 2.76. The Morgan fingerprint density at radius 1 is 1.48 bits per heavy atom. The number of fused-ring (bicyclic) bond motifs is 1. The maximum Gasteiger partial charge on any atom is 0.352 e. The minimum atomic E-state index is -1.64. The maximum atomic E-state index is 12.6. The van der Waals surface area contributed by atoms with E-state index in [1.807, 2.05) is 0 Å². The summed E-state index contributed by atoms with van der Waals surface area (Å²) in [4.78, 5) is 29.2. The Hall–Kier alpha value is -1.37. The third-order valence-corrected chi connectivity index (χ3v) is 7.41. The monoisotopic (exact) mass is 400 g/mol. The number of tetrazole rings is 1. The van der Waals surface area contributed by atoms with Crippen molar-refractivity contribution in [1.82, 2.24) is 30.1 Å². The molecule has 1 fully saturated rings. The van der Waals surface area contributed by atoms with E-state index < -0.39 is 14.2 Å². The number of carbonyl (C=O) groups excluding carboxylic acids is 1. The van der Waals surface area contributed by atoms with Gasteiger partial charge in [0.2, 0.25) is 11.1 Å². The van der Waals surface area contributed by atoms with Gasteiger partial charge >= 0.3 is 5.97 Å². The quantitative estimate of drug-likeness (QED) is 0.397. The van der Waals surface area contributed by atoms with Crippen LogP contribution in [0.2, 0.25) is 19.6 Å². The lowest BCUT2D eigenvalue weighted by Crippen LogP contribution is -2.73. The van der Waals surface area contributed by atoms with Gasteiger partial charge in [-0.3, -0.25) is 9.69 Å². The number of hydrogen-bond donors (Lipinski definition) is 2. The minimum absolute atomic E-state index is 0.116. The summed E-state index contributed by atoms with van der Waals surface area (Å²) < 4.78 is 1.53. The van der Waals surface area contributed by atoms with Crippen LogP contribution in [0, 0.1) is 0 Å². The molecule has 3 rings (SSSR count). The van der Waals surface area contributed by atoms with E-state index in [-0.39, 0.29) is 23.0 Å². The molecule has 136 valence electrons. The van der Waals surface area contributed by atoms with Crippen LogP contribution in [-0.4, -0.2) is 73.2 Å². The number of β-lactam (4-membered cyclic amide) rings is 1. The molecular formula is C13H20N6O3S2Si. The second-order valence-electron chi connectivity index (χ2n) is 6.91. The summed E-state index contributed by atoms with van der Waals surface area (Å²) in [5.74, 6) is -0.194. The summed E-state index contributed by atoms with van der Waals surface area (Å²) in [5, 5.41) is 21.3. The number of nitrogens with one attached hydrogen (secondary N) is 1. The van der Waals surface area contributed by atoms with Gasteiger partial charge in [-0.05, 0) is 16.0 Å². The second kappa shape index (κ2) is 6.74. The first-order valence-corrected chi connectivity index (χ1v) is 13.3. The third-order valence-electron chi connectivity index (χ3n) is 3.80. The van der Waals surface area contributed by atoms with E-state index in [0.717, 1.165) is 5.57 Å². The highest BCUT2D eigenvalue weighted by molar-refractivity contribution is 8.01. The third kappa shape index (κ3) is 3.61. The number of rotatable bonds is 6. The number of amides is 1. The second-order valence-corrected chi connectivity index (χ2v) is 13.7. The molecule has 0 bridgehead atoms. The van der Waals surface area contributed by atoms with Gasteiger partial charge in [0.25, 0.3) is 0 Å². The van der Waals surface area contributed by atoms with E-state index in [1.54, 1.807) is 18.8 Å². The van der Waals surface area contributed by atoms with Crippen LogP contribution in [-0.2, 0) is 16.6 Å². The van der Waals surface area contributed by atoms with Crippen LogP contribution in [0.1, 0.15) is 0 Å². The molecule has 1 amide bonds. The number of thioether (sulfide) groups is 2. The number of hydrogen-bond acceptors (Lipinski definition) is 8. The van der Waals surface area contributed by atoms with Crippen LogP contribution >= 0.6 is 23.5 Å². The summed E-state index contributed by atoms with van der Waals surface area (Å²) in [5.41, 5.74) is 0.839. The van der Waals surface area contributed by atoms with Crippen molar-refractivity contribution in [2.45, 2.75) is 36.2 Å². The van der Waals surface area contributed by atoms with Crippen molar-refractivity contribution in [3.8, 4) is 0 Å². The molecule has 1 aromatic rings. The molecular weight excluding hydrogens is 380 g/mol. The predicted molar refractivity (Wildman–Crippen MR) is 97.5 cm³/mol. The van der Waals surface area contributed by atoms with E-state index in [2.05, 4.69) is 40.1 Å². The number of aryl methyl sites for hydroxylation is 1. The number of aliphatic carboxylic acids is 1. The topological polar surface area (TPSA) is 113 Å². The van der Waals surface area contributed by atoms with E-state index in [1.165, 1.54) is 21.3 Å². The van der Waals surface area contributed by atoms with Crippen molar-refractivity contribution in [3.05, 3.63) is 11.3 Å². The van der Waals surface area contributed by atoms with Crippen molar-refractivity contribution < 1.29 is 14.7 Å². The SMILES string of the molecule is Cn1nnnc1SCC1=C(C(=O)O)N2C(=O)C(N[Si](C)(C)C)[C@@H]2SC1. The van der Waals surface area contributed by atoms with Gasteiger partial charge in [-0.1, -0.05) is 31.4 Å². The zero-order valence-electron chi connectivity index (χ0n) is 14.4. The van der Waals surface area contributed by atoms with Gasteiger partial charge in [-0.15, -0.1) is 16.9 Å². The first kappa shape index (κ1) is 18.4. The highest BCUT2D eigenvalue weighted by Gasteiger charge is 2.54. The number of carboxylic acids is 1. The molecule has 3 heterocycles. The molecule has 1 aromatic heterocycles. The Bertz CT molecular complexity index is 746. The Balaban J connectivity index is 1.78. The van der Waals surface area contributed by atoms with E-state index in [9.17, 15) is 14.7 Å². The molecule has 2 N–H and O–H groups in total. The van der Waals surface area contributed by atoms with Gasteiger partial charge in [-0.2, -0.15) is 0 Å². The average Bonchev–Trinajstić information content (AvgIpc) is 2.93. The standard InChI is InChI=1S/C13H20N6O3S2Si/c1-18-13(14-16-17-18)24-6-7-5-23-11-8(15-25(2,3)4)10(20)19(11)9(7)12(21)22/h8,11,15H,5-6H2,1-4H3,(H,21,22)/t8?,11-/m0/s1. The fraction of sp³-hybridized carbons (Fsp3) is 0.615. The lowest BCUT2D eigenvalue weighted by atomic mass is 10.0. The molecule has 0 spiro atoms. The molecule has 1 saturated heterocycles. The first-order valence-electron chi connectivity index (χ1n) is 7.72. The van der Waals surface area contributed by atoms with Gasteiger partial charge in [0.1, 0.15) is 25.3 Å². The molecule has 0 radical (unpaired) electrons. The average molecular weight is 401 g/mol. The summed E-state index contributed by atoms with van der Waals surface area (Å²) in [6, 6.07) is -0.289. The van der Waals surface area contributed by atoms with Gasteiger partial charge in [0.15, 0.2) is 0 Å². The van der Waals surface area contributed by atoms with Crippen LogP contribution in [0.5, 0.6) is 0 Å². The van der Waals surface area contributed by atoms with Crippen LogP contribution in [0.25, 0.3) is 0 Å². The molecule has 0 saturated carbocycles. The minimum Gasteiger partial charge on any atom is -0.477 e. The van der Waals surface area contributed by atoms with Crippen molar-refractivity contribution in [2.24, 2.45) is 7.05 Å². The summed E-state index contributed by atoms with van der Waals surface area (Å²) in [7, 11) is 0.0927. The zero-order valence-corrected chi connectivity index (χ0v) is 17.0. The smallest absolute Gasteiger partial charge is 0.352 e. The molecule has 2 aliphatic heterocycles. The maximum absolute atomic E-state index is 12.6. The van der Waals surface area contributed by atoms with E-state index >= 15 is 0 Å². The van der Waals surface area contributed by atoms with E-state index in [0.29, 0.717) is 16.7 Å². The summed E-state index contributed by atoms with van der Waals surface area (Å²) in [6.07, 6.45) is 0. The Kier molecular flexibility index (Phi) is 4.97.